The zero-order chi connectivity index (χ0) is 16.9. The molecule has 3 aromatic heterocycles. The summed E-state index contributed by atoms with van der Waals surface area (Å²) >= 11 is 1.43. The van der Waals surface area contributed by atoms with Crippen LogP contribution in [0.4, 0.5) is 0 Å². The molecule has 0 aliphatic carbocycles. The number of amides is 1. The summed E-state index contributed by atoms with van der Waals surface area (Å²) in [6, 6.07) is 7.21. The molecule has 3 rings (SSSR count). The molecule has 1 amide bonds. The number of nitrogens with zero attached hydrogens (tertiary/aromatic N) is 4. The Labute approximate surface area is 144 Å². The van der Waals surface area contributed by atoms with Crippen LogP contribution in [0, 0.1) is 5.92 Å². The molecule has 124 valence electrons. The van der Waals surface area contributed by atoms with Crippen molar-refractivity contribution in [3.05, 3.63) is 59.1 Å². The molecule has 3 aromatic rings. The van der Waals surface area contributed by atoms with Crippen molar-refractivity contribution in [1.82, 2.24) is 25.1 Å². The Kier molecular flexibility index (Phi) is 5.00. The highest BCUT2D eigenvalue weighted by Crippen LogP contribution is 2.22. The highest BCUT2D eigenvalue weighted by Gasteiger charge is 2.23. The van der Waals surface area contributed by atoms with Gasteiger partial charge in [-0.3, -0.25) is 9.78 Å². The van der Waals surface area contributed by atoms with Crippen LogP contribution >= 0.6 is 11.3 Å². The smallest absolute Gasteiger partial charge is 0.261 e. The minimum Gasteiger partial charge on any atom is -0.341 e. The fourth-order valence-electron chi connectivity index (χ4n) is 2.51. The van der Waals surface area contributed by atoms with Gasteiger partial charge in [-0.25, -0.2) is 9.67 Å². The lowest BCUT2D eigenvalue weighted by Gasteiger charge is -2.20. The lowest BCUT2D eigenvalue weighted by atomic mass is 10.0. The van der Waals surface area contributed by atoms with Gasteiger partial charge in [0.2, 0.25) is 0 Å². The van der Waals surface area contributed by atoms with Crippen molar-refractivity contribution in [2.75, 3.05) is 0 Å². The number of pyridine rings is 1. The number of thiophene rings is 1. The number of rotatable bonds is 6. The molecular formula is C17H19N5OS. The second-order valence-corrected chi connectivity index (χ2v) is 6.82. The van der Waals surface area contributed by atoms with Gasteiger partial charge in [-0.05, 0) is 35.9 Å². The van der Waals surface area contributed by atoms with E-state index in [0.29, 0.717) is 10.8 Å². The van der Waals surface area contributed by atoms with Gasteiger partial charge >= 0.3 is 0 Å². The fourth-order valence-corrected chi connectivity index (χ4v) is 3.14. The molecule has 24 heavy (non-hydrogen) atoms. The summed E-state index contributed by atoms with van der Waals surface area (Å²) in [5.74, 6) is 1.04. The van der Waals surface area contributed by atoms with Crippen LogP contribution in [0.1, 0.15) is 41.8 Å². The summed E-state index contributed by atoms with van der Waals surface area (Å²) in [5.41, 5.74) is 0.872. The quantitative estimate of drug-likeness (QED) is 0.747. The van der Waals surface area contributed by atoms with Gasteiger partial charge in [0.05, 0.1) is 16.6 Å². The van der Waals surface area contributed by atoms with E-state index in [1.807, 2.05) is 29.6 Å². The van der Waals surface area contributed by atoms with Gasteiger partial charge < -0.3 is 5.32 Å². The maximum absolute atomic E-state index is 12.5. The lowest BCUT2D eigenvalue weighted by Crippen LogP contribution is -2.31. The summed E-state index contributed by atoms with van der Waals surface area (Å²) < 4.78 is 1.75. The predicted octanol–water partition coefficient (Wildman–Crippen LogP) is 3.24. The van der Waals surface area contributed by atoms with Crippen molar-refractivity contribution in [3.8, 4) is 5.69 Å². The van der Waals surface area contributed by atoms with E-state index in [4.69, 9.17) is 0 Å². The number of carbonyl (C=O) groups excluding carboxylic acids is 1. The first kappa shape index (κ1) is 16.3. The summed E-state index contributed by atoms with van der Waals surface area (Å²) in [6.45, 7) is 4.24. The van der Waals surface area contributed by atoms with Crippen molar-refractivity contribution in [2.24, 2.45) is 5.92 Å². The Morgan fingerprint density at radius 3 is 2.75 bits per heavy atom. The van der Waals surface area contributed by atoms with Crippen molar-refractivity contribution in [2.45, 2.75) is 26.3 Å². The van der Waals surface area contributed by atoms with E-state index in [-0.39, 0.29) is 11.9 Å². The molecule has 0 aliphatic heterocycles. The highest BCUT2D eigenvalue weighted by atomic mass is 32.1. The number of aromatic nitrogens is 4. The number of hydrogen-bond acceptors (Lipinski definition) is 5. The first-order valence-corrected chi connectivity index (χ1v) is 8.68. The van der Waals surface area contributed by atoms with Gasteiger partial charge in [-0.1, -0.05) is 19.9 Å². The molecule has 0 fully saturated rings. The van der Waals surface area contributed by atoms with E-state index in [2.05, 4.69) is 34.2 Å². The van der Waals surface area contributed by atoms with Crippen LogP contribution in [0.5, 0.6) is 0 Å². The number of carbonyl (C=O) groups is 1. The van der Waals surface area contributed by atoms with E-state index in [0.717, 1.165) is 17.9 Å². The minimum absolute atomic E-state index is 0.0834. The zero-order valence-electron chi connectivity index (χ0n) is 13.6. The first-order valence-electron chi connectivity index (χ1n) is 7.80. The fraction of sp³-hybridized carbons (Fsp3) is 0.294. The summed E-state index contributed by atoms with van der Waals surface area (Å²) in [5, 5.41) is 9.30. The van der Waals surface area contributed by atoms with Gasteiger partial charge in [0.15, 0.2) is 5.82 Å². The molecular weight excluding hydrogens is 322 g/mol. The Hall–Kier alpha value is -2.54. The van der Waals surface area contributed by atoms with Gasteiger partial charge in [0.25, 0.3) is 5.91 Å². The molecule has 0 saturated heterocycles. The van der Waals surface area contributed by atoms with Crippen LogP contribution in [-0.2, 0) is 0 Å². The van der Waals surface area contributed by atoms with Crippen LogP contribution < -0.4 is 5.32 Å². The molecule has 0 spiro atoms. The van der Waals surface area contributed by atoms with E-state index in [9.17, 15) is 4.79 Å². The van der Waals surface area contributed by atoms with Gasteiger partial charge in [0.1, 0.15) is 6.33 Å². The Morgan fingerprint density at radius 2 is 2.08 bits per heavy atom. The largest absolute Gasteiger partial charge is 0.341 e. The highest BCUT2D eigenvalue weighted by molar-refractivity contribution is 7.12. The third-order valence-electron chi connectivity index (χ3n) is 3.55. The lowest BCUT2D eigenvalue weighted by molar-refractivity contribution is 0.0933. The van der Waals surface area contributed by atoms with Crippen LogP contribution in [0.15, 0.2) is 48.4 Å². The van der Waals surface area contributed by atoms with Crippen molar-refractivity contribution in [1.29, 1.82) is 0 Å². The van der Waals surface area contributed by atoms with E-state index >= 15 is 0 Å². The molecule has 0 saturated carbocycles. The molecule has 0 aliphatic rings. The average Bonchev–Trinajstić information content (AvgIpc) is 3.26. The van der Waals surface area contributed by atoms with E-state index < -0.39 is 0 Å². The topological polar surface area (TPSA) is 72.7 Å². The van der Waals surface area contributed by atoms with Gasteiger partial charge in [-0.15, -0.1) is 11.3 Å². The third-order valence-corrected chi connectivity index (χ3v) is 4.42. The van der Waals surface area contributed by atoms with E-state index in [1.165, 1.54) is 17.7 Å². The molecule has 0 aromatic carbocycles. The summed E-state index contributed by atoms with van der Waals surface area (Å²) in [7, 11) is 0. The zero-order valence-corrected chi connectivity index (χ0v) is 14.4. The standard InChI is InChI=1S/C17H19N5OS/c1-12(2)10-14(21-17(23)15-4-3-9-24-15)16-19-11-20-22(16)13-5-7-18-8-6-13/h3-9,11-12,14H,10H2,1-2H3,(H,21,23). The minimum atomic E-state index is -0.213. The second kappa shape index (κ2) is 7.35. The third kappa shape index (κ3) is 3.68. The van der Waals surface area contributed by atoms with Crippen LogP contribution in [0.2, 0.25) is 0 Å². The Morgan fingerprint density at radius 1 is 1.29 bits per heavy atom. The normalized spacial score (nSPS) is 12.3. The van der Waals surface area contributed by atoms with Crippen molar-refractivity contribution >= 4 is 17.2 Å². The van der Waals surface area contributed by atoms with Crippen LogP contribution in [-0.4, -0.2) is 25.7 Å². The number of nitrogens with one attached hydrogen (secondary N) is 1. The Bertz CT molecular complexity index is 782. The maximum Gasteiger partial charge on any atom is 0.261 e. The monoisotopic (exact) mass is 341 g/mol. The van der Waals surface area contributed by atoms with E-state index in [1.54, 1.807) is 17.1 Å². The number of hydrogen-bond donors (Lipinski definition) is 1. The molecule has 0 bridgehead atoms. The van der Waals surface area contributed by atoms with Crippen LogP contribution in [0.3, 0.4) is 0 Å². The molecule has 0 radical (unpaired) electrons. The molecule has 6 nitrogen and oxygen atoms in total. The van der Waals surface area contributed by atoms with Gasteiger partial charge in [0, 0.05) is 12.4 Å². The SMILES string of the molecule is CC(C)CC(NC(=O)c1cccs1)c1ncnn1-c1ccncc1. The van der Waals surface area contributed by atoms with Crippen molar-refractivity contribution in [3.63, 3.8) is 0 Å². The van der Waals surface area contributed by atoms with Crippen LogP contribution in [0.25, 0.3) is 5.69 Å². The first-order chi connectivity index (χ1) is 11.6. The summed E-state index contributed by atoms with van der Waals surface area (Å²) in [4.78, 5) is 21.6. The summed E-state index contributed by atoms with van der Waals surface area (Å²) in [6.07, 6.45) is 5.71. The molecule has 7 heteroatoms. The average molecular weight is 341 g/mol. The van der Waals surface area contributed by atoms with Gasteiger partial charge in [-0.2, -0.15) is 5.10 Å². The Balaban J connectivity index is 1.90. The van der Waals surface area contributed by atoms with Crippen molar-refractivity contribution < 1.29 is 4.79 Å². The molecule has 1 unspecified atom stereocenters. The molecule has 1 N–H and O–H groups in total. The maximum atomic E-state index is 12.5. The molecule has 1 atom stereocenters. The molecule has 3 heterocycles. The second-order valence-electron chi connectivity index (χ2n) is 5.87. The predicted molar refractivity (Wildman–Crippen MR) is 93.1 cm³/mol.